The molecule has 2 rings (SSSR count). The number of carboxylic acids is 1. The Morgan fingerprint density at radius 3 is 2.07 bits per heavy atom. The lowest BCUT2D eigenvalue weighted by Crippen LogP contribution is -2.23. The van der Waals surface area contributed by atoms with E-state index in [1.54, 1.807) is 0 Å². The van der Waals surface area contributed by atoms with Crippen molar-refractivity contribution in [2.45, 2.75) is 27.4 Å². The number of rotatable bonds is 6. The van der Waals surface area contributed by atoms with Gasteiger partial charge in [-0.05, 0) is 35.9 Å². The number of sulfone groups is 1. The van der Waals surface area contributed by atoms with Crippen molar-refractivity contribution in [1.29, 1.82) is 0 Å². The molecule has 13 heteroatoms. The second-order valence-electron chi connectivity index (χ2n) is 5.43. The molecule has 0 unspecified atom stereocenters. The van der Waals surface area contributed by atoms with E-state index in [-0.39, 0.29) is 10.6 Å². The molecule has 0 saturated carbocycles. The number of hydrogen-bond acceptors (Lipinski definition) is 5. The highest BCUT2D eigenvalue weighted by molar-refractivity contribution is 7.98. The summed E-state index contributed by atoms with van der Waals surface area (Å²) in [7, 11) is -5.49. The molecule has 2 aromatic carbocycles. The Bertz CT molecular complexity index is 998. The molecule has 0 radical (unpaired) electrons. The Morgan fingerprint density at radius 2 is 1.59 bits per heavy atom. The zero-order valence-electron chi connectivity index (χ0n) is 13.9. The number of hydrogen-bond donors (Lipinski definition) is 1. The summed E-state index contributed by atoms with van der Waals surface area (Å²) in [5, 5.41) is 8.99. The van der Waals surface area contributed by atoms with Gasteiger partial charge in [0.15, 0.2) is 0 Å². The van der Waals surface area contributed by atoms with Crippen LogP contribution >= 0.6 is 11.8 Å². The third-order valence-corrected chi connectivity index (χ3v) is 5.85. The van der Waals surface area contributed by atoms with E-state index in [2.05, 4.69) is 4.74 Å². The SMILES string of the molecule is O=C(O)c1cc(OC(F)(F)F)cc(SCc2ccc(S(=O)(=O)C(F)(F)F)cc2)c1. The molecule has 5 nitrogen and oxygen atoms in total. The molecule has 2 aromatic rings. The number of carboxylic acid groups (broad SMARTS) is 1. The molecule has 1 N–H and O–H groups in total. The van der Waals surface area contributed by atoms with E-state index >= 15 is 0 Å². The molecule has 0 aliphatic rings. The van der Waals surface area contributed by atoms with Crippen LogP contribution in [-0.2, 0) is 15.6 Å². The van der Waals surface area contributed by atoms with Gasteiger partial charge in [-0.1, -0.05) is 12.1 Å². The third kappa shape index (κ3) is 6.03. The van der Waals surface area contributed by atoms with Gasteiger partial charge in [0.1, 0.15) is 5.75 Å². The van der Waals surface area contributed by atoms with Crippen LogP contribution in [0.2, 0.25) is 0 Å². The van der Waals surface area contributed by atoms with Crippen molar-refractivity contribution in [2.24, 2.45) is 0 Å². The molecule has 0 atom stereocenters. The second kappa shape index (κ2) is 8.14. The van der Waals surface area contributed by atoms with E-state index in [4.69, 9.17) is 5.11 Å². The fourth-order valence-electron chi connectivity index (χ4n) is 2.04. The maximum atomic E-state index is 12.5. The molecular weight excluding hydrogens is 450 g/mol. The Kier molecular flexibility index (Phi) is 6.42. The molecule has 0 fully saturated rings. The molecule has 0 saturated heterocycles. The summed E-state index contributed by atoms with van der Waals surface area (Å²) in [5.74, 6) is -2.21. The highest BCUT2D eigenvalue weighted by Gasteiger charge is 2.46. The van der Waals surface area contributed by atoms with Crippen LogP contribution in [0.4, 0.5) is 26.3 Å². The van der Waals surface area contributed by atoms with Crippen LogP contribution in [-0.4, -0.2) is 31.4 Å². The molecule has 0 aliphatic heterocycles. The molecule has 29 heavy (non-hydrogen) atoms. The van der Waals surface area contributed by atoms with Crippen LogP contribution in [0.1, 0.15) is 15.9 Å². The van der Waals surface area contributed by atoms with E-state index in [1.807, 2.05) is 0 Å². The van der Waals surface area contributed by atoms with Crippen molar-refractivity contribution in [1.82, 2.24) is 0 Å². The predicted octanol–water partition coefficient (Wildman–Crippen LogP) is 4.87. The van der Waals surface area contributed by atoms with Gasteiger partial charge < -0.3 is 9.84 Å². The molecule has 0 aromatic heterocycles. The van der Waals surface area contributed by atoms with Gasteiger partial charge in [-0.15, -0.1) is 24.9 Å². The van der Waals surface area contributed by atoms with Crippen LogP contribution < -0.4 is 4.74 Å². The third-order valence-electron chi connectivity index (χ3n) is 3.30. The van der Waals surface area contributed by atoms with Crippen molar-refractivity contribution in [3.8, 4) is 5.75 Å². The predicted molar refractivity (Wildman–Crippen MR) is 89.3 cm³/mol. The van der Waals surface area contributed by atoms with Crippen molar-refractivity contribution in [3.05, 3.63) is 53.6 Å². The number of halogens is 6. The largest absolute Gasteiger partial charge is 0.573 e. The minimum absolute atomic E-state index is 0.0148. The topological polar surface area (TPSA) is 80.7 Å². The number of alkyl halides is 6. The Labute approximate surface area is 164 Å². The van der Waals surface area contributed by atoms with Gasteiger partial charge in [0.2, 0.25) is 0 Å². The summed E-state index contributed by atoms with van der Waals surface area (Å²) in [6.45, 7) is 0. The highest BCUT2D eigenvalue weighted by atomic mass is 32.2. The summed E-state index contributed by atoms with van der Waals surface area (Å²) in [6.07, 6.45) is -5.03. The van der Waals surface area contributed by atoms with Gasteiger partial charge in [0, 0.05) is 10.6 Å². The summed E-state index contributed by atoms with van der Waals surface area (Å²) in [6, 6.07) is 6.47. The quantitative estimate of drug-likeness (QED) is 0.490. The Morgan fingerprint density at radius 1 is 1.00 bits per heavy atom. The standard InChI is InChI=1S/C16H10F6O5S2/c17-15(18,19)27-11-5-10(14(23)24)6-12(7-11)28-8-9-1-3-13(4-2-9)29(25,26)16(20,21)22/h1-7H,8H2,(H,23,24). The highest BCUT2D eigenvalue weighted by Crippen LogP contribution is 2.33. The van der Waals surface area contributed by atoms with Crippen LogP contribution in [0.5, 0.6) is 5.75 Å². The first-order valence-corrected chi connectivity index (χ1v) is 9.83. The number of ether oxygens (including phenoxy) is 1. The number of benzene rings is 2. The van der Waals surface area contributed by atoms with Crippen LogP contribution in [0.25, 0.3) is 0 Å². The molecule has 158 valence electrons. The number of thioether (sulfide) groups is 1. The van der Waals surface area contributed by atoms with Gasteiger partial charge in [-0.2, -0.15) is 13.2 Å². The first kappa shape index (κ1) is 22.9. The lowest BCUT2D eigenvalue weighted by atomic mass is 10.2. The first-order chi connectivity index (χ1) is 13.2. The number of carbonyl (C=O) groups is 1. The van der Waals surface area contributed by atoms with Crippen LogP contribution in [0.3, 0.4) is 0 Å². The summed E-state index contributed by atoms with van der Waals surface area (Å²) < 4.78 is 101. The second-order valence-corrected chi connectivity index (χ2v) is 8.42. The maximum absolute atomic E-state index is 12.5. The molecule has 0 amide bonds. The van der Waals surface area contributed by atoms with E-state index in [9.17, 15) is 39.6 Å². The van der Waals surface area contributed by atoms with Gasteiger partial charge in [0.05, 0.1) is 10.5 Å². The van der Waals surface area contributed by atoms with Crippen LogP contribution in [0.15, 0.2) is 52.3 Å². The lowest BCUT2D eigenvalue weighted by Gasteiger charge is -2.12. The van der Waals surface area contributed by atoms with Crippen molar-refractivity contribution >= 4 is 27.6 Å². The summed E-state index contributed by atoms with van der Waals surface area (Å²) >= 11 is 0.882. The fraction of sp³-hybridized carbons (Fsp3) is 0.188. The average Bonchev–Trinajstić information content (AvgIpc) is 2.57. The minimum atomic E-state index is -5.49. The number of aromatic carboxylic acids is 1. The summed E-state index contributed by atoms with van der Waals surface area (Å²) in [5.41, 5.74) is -5.55. The van der Waals surface area contributed by atoms with Gasteiger partial charge in [0.25, 0.3) is 9.84 Å². The summed E-state index contributed by atoms with van der Waals surface area (Å²) in [4.78, 5) is 10.2. The molecule has 0 spiro atoms. The zero-order valence-corrected chi connectivity index (χ0v) is 15.5. The fourth-order valence-corrected chi connectivity index (χ4v) is 3.73. The lowest BCUT2D eigenvalue weighted by molar-refractivity contribution is -0.274. The smallest absolute Gasteiger partial charge is 0.478 e. The van der Waals surface area contributed by atoms with E-state index in [0.29, 0.717) is 11.6 Å². The van der Waals surface area contributed by atoms with Gasteiger partial charge >= 0.3 is 17.8 Å². The normalized spacial score (nSPS) is 12.6. The first-order valence-electron chi connectivity index (χ1n) is 7.36. The monoisotopic (exact) mass is 460 g/mol. The average molecular weight is 460 g/mol. The molecule has 0 aliphatic carbocycles. The minimum Gasteiger partial charge on any atom is -0.478 e. The zero-order chi connectivity index (χ0) is 22.0. The van der Waals surface area contributed by atoms with E-state index < -0.39 is 43.9 Å². The maximum Gasteiger partial charge on any atom is 0.573 e. The van der Waals surface area contributed by atoms with Crippen molar-refractivity contribution in [2.75, 3.05) is 0 Å². The van der Waals surface area contributed by atoms with E-state index in [1.165, 1.54) is 0 Å². The Balaban J connectivity index is 2.20. The van der Waals surface area contributed by atoms with E-state index in [0.717, 1.165) is 48.2 Å². The molecule has 0 heterocycles. The van der Waals surface area contributed by atoms with Crippen molar-refractivity contribution in [3.63, 3.8) is 0 Å². The van der Waals surface area contributed by atoms with Crippen LogP contribution in [0, 0.1) is 0 Å². The molecular formula is C16H10F6O5S2. The molecule has 0 bridgehead atoms. The van der Waals surface area contributed by atoms with Gasteiger partial charge in [-0.25, -0.2) is 13.2 Å². The Hall–Kier alpha value is -2.41. The van der Waals surface area contributed by atoms with Crippen molar-refractivity contribution < 1.29 is 49.4 Å². The van der Waals surface area contributed by atoms with Gasteiger partial charge in [-0.3, -0.25) is 0 Å².